The maximum Gasteiger partial charge on any atom is 0.421 e. The van der Waals surface area contributed by atoms with Crippen molar-refractivity contribution < 1.29 is 70.4 Å². The zero-order valence-corrected chi connectivity index (χ0v) is 47.3. The summed E-state index contributed by atoms with van der Waals surface area (Å²) in [6.07, 6.45) is 4.33. The number of nitrogens with one attached hydrogen (secondary N) is 6. The monoisotopic (exact) mass is 1160 g/mol. The van der Waals surface area contributed by atoms with Gasteiger partial charge in [0.2, 0.25) is 11.8 Å². The zero-order chi connectivity index (χ0) is 58.8. The molecule has 0 unspecified atom stereocenters. The Balaban J connectivity index is 0.702. The van der Waals surface area contributed by atoms with Gasteiger partial charge in [0.05, 0.1) is 54.9 Å². The van der Waals surface area contributed by atoms with Gasteiger partial charge in [-0.2, -0.15) is 13.1 Å². The molecule has 82 heavy (non-hydrogen) atoms. The molecular formula is C57H69FN8O15S. The smallest absolute Gasteiger partial charge is 0.421 e. The molecule has 23 nitrogen and oxygen atoms in total. The summed E-state index contributed by atoms with van der Waals surface area (Å²) >= 11 is 0. The third kappa shape index (κ3) is 12.8. The number of esters is 1. The fourth-order valence-corrected chi connectivity index (χ4v) is 12.3. The Morgan fingerprint density at radius 1 is 0.890 bits per heavy atom. The molecule has 0 radical (unpaired) electrons. The quantitative estimate of drug-likeness (QED) is 0.0216. The molecule has 2 aromatic carbocycles. The second kappa shape index (κ2) is 24.5. The van der Waals surface area contributed by atoms with Gasteiger partial charge in [0, 0.05) is 34.8 Å². The van der Waals surface area contributed by atoms with Crippen molar-refractivity contribution in [2.45, 2.75) is 130 Å². The summed E-state index contributed by atoms with van der Waals surface area (Å²) < 4.78 is 72.2. The first-order chi connectivity index (χ1) is 39.1. The summed E-state index contributed by atoms with van der Waals surface area (Å²) in [4.78, 5) is 96.5. The highest BCUT2D eigenvalue weighted by Crippen LogP contribution is 2.53. The number of benzene rings is 2. The third-order valence-electron chi connectivity index (χ3n) is 16.2. The van der Waals surface area contributed by atoms with Gasteiger partial charge in [-0.3, -0.25) is 14.4 Å². The van der Waals surface area contributed by atoms with E-state index in [1.807, 2.05) is 4.72 Å². The molecule has 25 heteroatoms. The Morgan fingerprint density at radius 2 is 1.65 bits per heavy atom. The molecule has 0 spiro atoms. The number of aliphatic hydroxyl groups is 1. The van der Waals surface area contributed by atoms with Crippen molar-refractivity contribution in [3.63, 3.8) is 0 Å². The van der Waals surface area contributed by atoms with Gasteiger partial charge in [0.25, 0.3) is 5.56 Å². The van der Waals surface area contributed by atoms with E-state index in [9.17, 15) is 47.1 Å². The average Bonchev–Trinajstić information content (AvgIpc) is 4.02. The van der Waals surface area contributed by atoms with Gasteiger partial charge >= 0.3 is 34.5 Å². The number of pyridine rings is 2. The minimum Gasteiger partial charge on any atom is -0.458 e. The highest BCUT2D eigenvalue weighted by molar-refractivity contribution is 7.88. The number of aryl methyl sites for hydroxylation is 1. The molecule has 4 heterocycles. The maximum absolute atomic E-state index is 15.4. The molecule has 2 aromatic heterocycles. The molecule has 1 fully saturated rings. The number of hydrogen-bond donors (Lipinski definition) is 7. The lowest BCUT2D eigenvalue weighted by Crippen LogP contribution is -2.53. The Kier molecular flexibility index (Phi) is 17.7. The van der Waals surface area contributed by atoms with E-state index in [0.717, 1.165) is 31.2 Å². The first-order valence-electron chi connectivity index (χ1n) is 27.6. The van der Waals surface area contributed by atoms with E-state index in [0.29, 0.717) is 74.9 Å². The van der Waals surface area contributed by atoms with E-state index >= 15 is 4.39 Å². The molecule has 2 aliphatic heterocycles. The lowest BCUT2D eigenvalue weighted by molar-refractivity contribution is -0.172. The van der Waals surface area contributed by atoms with Gasteiger partial charge in [-0.1, -0.05) is 44.6 Å². The average molecular weight is 1160 g/mol. The molecule has 440 valence electrons. The predicted molar refractivity (Wildman–Crippen MR) is 294 cm³/mol. The summed E-state index contributed by atoms with van der Waals surface area (Å²) in [5.74, 6) is -1.75. The van der Waals surface area contributed by atoms with Crippen molar-refractivity contribution >= 4 is 62.9 Å². The van der Waals surface area contributed by atoms with Gasteiger partial charge in [0.15, 0.2) is 5.60 Å². The van der Waals surface area contributed by atoms with Crippen LogP contribution in [0, 0.1) is 36.4 Å². The number of carbonyl (C=O) groups is 6. The number of nitrogens with zero attached hydrogens (tertiary/aromatic N) is 2. The van der Waals surface area contributed by atoms with Gasteiger partial charge in [0.1, 0.15) is 37.7 Å². The molecule has 0 bridgehead atoms. The van der Waals surface area contributed by atoms with Crippen LogP contribution in [0.2, 0.25) is 0 Å². The van der Waals surface area contributed by atoms with Crippen LogP contribution in [0.3, 0.4) is 0 Å². The lowest BCUT2D eigenvalue weighted by Gasteiger charge is -2.31. The van der Waals surface area contributed by atoms with Gasteiger partial charge in [-0.15, -0.1) is 0 Å². The topological polar surface area (TPSA) is 310 Å². The Hall–Kier alpha value is -7.48. The first kappa shape index (κ1) is 59.2. The minimum atomic E-state index is -4.21. The molecule has 9 rings (SSSR count). The molecule has 0 saturated heterocycles. The van der Waals surface area contributed by atoms with Crippen molar-refractivity contribution in [1.29, 1.82) is 0 Å². The number of alkyl carbamates (subject to hydrolysis) is 2. The van der Waals surface area contributed by atoms with Crippen molar-refractivity contribution in [3.05, 3.63) is 103 Å². The van der Waals surface area contributed by atoms with Crippen LogP contribution < -0.4 is 36.3 Å². The molecule has 5 aliphatic rings. The van der Waals surface area contributed by atoms with E-state index in [1.165, 1.54) is 23.1 Å². The Bertz CT molecular complexity index is 3410. The standard InChI is InChI=1S/C57H69FN8O15S/c1-7-57(74)41-23-45-49-38(25-66(45)52(69)40(41)28-79-53(57)70)47-43(18-17-35-31(5)42(58)24-44(62-49)46(35)47)63-54(71)80-26-33-12-14-34(15-13-33)61-50(67)32(6)60-51(68)48(29(2)3)64-55(72)78-22-21-77-20-19-59-82(75,76)65-56(73)81-27-39-36-10-8-9-30(4)11-16-37(36)39/h9,12-15,23-24,29,32,36-37,39,43,48,59,74H,7-8,10-11,16-22,25-28H2,1-6H3,(H,60,68)(H,61,67)(H,63,71)(H,64,72)(H,65,73)/b30-9-/t32-,36-,37+,39-,43-,48-,57-/m0/s1. The fourth-order valence-electron chi connectivity index (χ4n) is 11.6. The molecule has 3 aliphatic carbocycles. The van der Waals surface area contributed by atoms with E-state index < -0.39 is 87.3 Å². The molecule has 5 amide bonds. The lowest BCUT2D eigenvalue weighted by atomic mass is 9.81. The van der Waals surface area contributed by atoms with Crippen molar-refractivity contribution in [2.24, 2.45) is 23.7 Å². The number of halogens is 1. The number of hydrogen-bond acceptors (Lipinski definition) is 16. The number of aromatic nitrogens is 2. The van der Waals surface area contributed by atoms with Crippen LogP contribution >= 0.6 is 0 Å². The number of carbonyl (C=O) groups excluding carboxylic acids is 6. The summed E-state index contributed by atoms with van der Waals surface area (Å²) in [5.41, 5.74) is 3.64. The highest BCUT2D eigenvalue weighted by Gasteiger charge is 2.50. The van der Waals surface area contributed by atoms with Gasteiger partial charge in [-0.05, 0) is 130 Å². The van der Waals surface area contributed by atoms with Crippen LogP contribution in [0.1, 0.15) is 118 Å². The van der Waals surface area contributed by atoms with Crippen molar-refractivity contribution in [2.75, 3.05) is 38.3 Å². The Labute approximate surface area is 473 Å². The van der Waals surface area contributed by atoms with Crippen LogP contribution in [-0.2, 0) is 80.1 Å². The minimum absolute atomic E-state index is 0.0397. The second-order valence-corrected chi connectivity index (χ2v) is 23.4. The SMILES string of the molecule is CC[C@@]1(O)C(=O)OCc2c1cc1n(c2=O)Cc2c-1nc1cc(F)c(C)c3c1c2[C@@H](NC(=O)OCc1ccc(NC(=O)[C@H](C)NC(=O)[C@@H](NC(=O)OCCOCCNS(=O)(=O)NC(=O)OC[C@@H]2[C@@H]4CC/C(C)=C\CC[C@@H]42)C(C)C)cc1)CC3. The number of fused-ring (bicyclic) bond motifs is 6. The normalized spacial score (nSPS) is 21.8. The molecule has 7 atom stereocenters. The number of ether oxygens (including phenoxy) is 5. The molecule has 1 saturated carbocycles. The number of anilines is 1. The van der Waals surface area contributed by atoms with E-state index in [2.05, 4.69) is 39.0 Å². The number of allylic oxidation sites excluding steroid dienone is 2. The largest absolute Gasteiger partial charge is 0.458 e. The Morgan fingerprint density at radius 3 is 2.39 bits per heavy atom. The van der Waals surface area contributed by atoms with Crippen LogP contribution in [0.25, 0.3) is 22.3 Å². The number of amides is 5. The molecule has 4 aromatic rings. The number of cyclic esters (lactones) is 1. The summed E-state index contributed by atoms with van der Waals surface area (Å²) in [6.45, 7) is 9.39. The van der Waals surface area contributed by atoms with Crippen molar-refractivity contribution in [3.8, 4) is 11.4 Å². The molecular weight excluding hydrogens is 1090 g/mol. The predicted octanol–water partition coefficient (Wildman–Crippen LogP) is 5.59. The van der Waals surface area contributed by atoms with E-state index in [4.69, 9.17) is 28.7 Å². The van der Waals surface area contributed by atoms with Crippen LogP contribution in [-0.4, -0.2) is 104 Å². The van der Waals surface area contributed by atoms with Crippen molar-refractivity contribution in [1.82, 2.24) is 34.9 Å². The second-order valence-electron chi connectivity index (χ2n) is 21.9. The molecule has 7 N–H and O–H groups in total. The summed E-state index contributed by atoms with van der Waals surface area (Å²) in [5, 5.41) is 22.8. The first-order valence-corrected chi connectivity index (χ1v) is 29.1. The third-order valence-corrected chi connectivity index (χ3v) is 17.3. The van der Waals surface area contributed by atoms with Crippen LogP contribution in [0.4, 0.5) is 24.5 Å². The number of rotatable bonds is 20. The highest BCUT2D eigenvalue weighted by atomic mass is 32.2. The van der Waals surface area contributed by atoms with E-state index in [1.54, 1.807) is 58.0 Å². The van der Waals surface area contributed by atoms with Crippen LogP contribution in [0.15, 0.2) is 52.8 Å². The van der Waals surface area contributed by atoms with Gasteiger partial charge in [-0.25, -0.2) is 33.3 Å². The summed E-state index contributed by atoms with van der Waals surface area (Å²) in [7, 11) is -4.21. The zero-order valence-electron chi connectivity index (χ0n) is 46.5. The van der Waals surface area contributed by atoms with E-state index in [-0.39, 0.29) is 76.2 Å². The fraction of sp³-hybridized carbons (Fsp3) is 0.509. The maximum atomic E-state index is 15.4. The summed E-state index contributed by atoms with van der Waals surface area (Å²) in [6, 6.07) is 6.60. The van der Waals surface area contributed by atoms with Crippen LogP contribution in [0.5, 0.6) is 0 Å². The van der Waals surface area contributed by atoms with Gasteiger partial charge < -0.3 is 54.6 Å².